The predicted molar refractivity (Wildman–Crippen MR) is 171 cm³/mol. The third kappa shape index (κ3) is 5.01. The van der Waals surface area contributed by atoms with Crippen LogP contribution >= 0.6 is 0 Å². The van der Waals surface area contributed by atoms with Crippen LogP contribution < -0.4 is 20.7 Å². The van der Waals surface area contributed by atoms with E-state index in [4.69, 9.17) is 25.2 Å². The fourth-order valence-corrected chi connectivity index (χ4v) is 7.39. The van der Waals surface area contributed by atoms with Crippen LogP contribution in [0.4, 0.5) is 15.0 Å². The first kappa shape index (κ1) is 29.0. The van der Waals surface area contributed by atoms with Crippen LogP contribution in [0.25, 0.3) is 33.6 Å². The van der Waals surface area contributed by atoms with Crippen LogP contribution in [-0.2, 0) is 18.3 Å². The number of methoxy groups -OCH3 is 1. The lowest BCUT2D eigenvalue weighted by Gasteiger charge is -2.37. The zero-order chi connectivity index (χ0) is 31.7. The van der Waals surface area contributed by atoms with Gasteiger partial charge in [0.25, 0.3) is 5.91 Å². The number of alkyl halides is 1. The number of imidazole rings is 1. The molecule has 2 atom stereocenters. The van der Waals surface area contributed by atoms with Gasteiger partial charge >= 0.3 is 6.09 Å². The topological polar surface area (TPSA) is 133 Å². The minimum atomic E-state index is -1.14. The monoisotopic (exact) mass is 630 g/mol. The number of anilines is 1. The van der Waals surface area contributed by atoms with E-state index in [0.717, 1.165) is 66.4 Å². The smallest absolute Gasteiger partial charge is 0.407 e. The number of alkyl carbamates (subject to hydrolysis) is 1. The number of benzene rings is 1. The molecule has 12 nitrogen and oxygen atoms in total. The molecule has 3 N–H and O–H groups in total. The molecular weight excluding hydrogens is 591 g/mol. The van der Waals surface area contributed by atoms with Gasteiger partial charge in [-0.05, 0) is 55.5 Å². The first-order chi connectivity index (χ1) is 22.2. The number of piperidine rings is 2. The molecule has 13 heteroatoms. The Morgan fingerprint density at radius 3 is 2.67 bits per heavy atom. The summed E-state index contributed by atoms with van der Waals surface area (Å²) >= 11 is 0. The summed E-state index contributed by atoms with van der Waals surface area (Å²) in [6, 6.07) is 9.41. The van der Waals surface area contributed by atoms with E-state index in [-0.39, 0.29) is 25.0 Å². The first-order valence-electron chi connectivity index (χ1n) is 16.2. The maximum atomic E-state index is 14.3. The molecule has 242 valence electrons. The van der Waals surface area contributed by atoms with E-state index in [9.17, 15) is 14.0 Å². The summed E-state index contributed by atoms with van der Waals surface area (Å²) in [6.07, 6.45) is 2.66. The highest BCUT2D eigenvalue weighted by Gasteiger charge is 2.43. The number of hydrogen-bond donors (Lipinski definition) is 2. The molecule has 4 aliphatic rings. The number of likely N-dealkylation sites (tertiary alicyclic amines) is 1. The van der Waals surface area contributed by atoms with Crippen LogP contribution in [0.1, 0.15) is 42.5 Å². The van der Waals surface area contributed by atoms with Crippen molar-refractivity contribution in [3.05, 3.63) is 35.9 Å². The molecular formula is C33H39FN8O4. The number of aromatic nitrogens is 4. The van der Waals surface area contributed by atoms with Gasteiger partial charge in [0, 0.05) is 63.1 Å². The number of nitrogens with one attached hydrogen (secondary N) is 1. The average molecular weight is 631 g/mol. The van der Waals surface area contributed by atoms with Crippen molar-refractivity contribution < 1.29 is 23.5 Å². The highest BCUT2D eigenvalue weighted by Crippen LogP contribution is 2.39. The van der Waals surface area contributed by atoms with Crippen LogP contribution in [-0.4, -0.2) is 93.7 Å². The lowest BCUT2D eigenvalue weighted by atomic mass is 9.92. The Morgan fingerprint density at radius 1 is 1.17 bits per heavy atom. The van der Waals surface area contributed by atoms with Gasteiger partial charge in [-0.25, -0.2) is 19.2 Å². The standard InChI is InChI=1S/C33H39FN8O4/c1-39-28-24(11-21(13-26(28)45-2)31(43)41-16-22(34)14-23(35)17-41)37-30(39)25-12-20-5-6-27(38-29(20)42(25)15-19-3-4-19)40-9-7-33(8-10-40)18-36-32(44)46-33/h5-6,11-13,19,22-23H,3-4,7-10,14-18,35H2,1-2H3,(H,36,44)/t22-,23-/m1/s1. The summed E-state index contributed by atoms with van der Waals surface area (Å²) in [6.45, 7) is 3.24. The molecule has 0 radical (unpaired) electrons. The second-order valence-electron chi connectivity index (χ2n) is 13.4. The van der Waals surface area contributed by atoms with Crippen molar-refractivity contribution in [1.29, 1.82) is 0 Å². The van der Waals surface area contributed by atoms with E-state index in [0.29, 0.717) is 35.8 Å². The SMILES string of the molecule is COc1cc(C(=O)N2C[C@H](N)C[C@@H](F)C2)cc2nc(-c3cc4ccc(N5CCC6(CC5)CNC(=O)O6)nc4n3CC3CC3)n(C)c12. The van der Waals surface area contributed by atoms with Gasteiger partial charge in [-0.2, -0.15) is 0 Å². The number of carbonyl (C=O) groups is 2. The van der Waals surface area contributed by atoms with Crippen LogP contribution in [0.5, 0.6) is 5.75 Å². The molecule has 3 saturated heterocycles. The van der Waals surface area contributed by atoms with Gasteiger partial charge in [0.1, 0.15) is 34.5 Å². The van der Waals surface area contributed by atoms with Crippen LogP contribution in [0.3, 0.4) is 0 Å². The van der Waals surface area contributed by atoms with Crippen LogP contribution in [0.15, 0.2) is 30.3 Å². The molecule has 1 aliphatic carbocycles. The van der Waals surface area contributed by atoms with E-state index < -0.39 is 17.8 Å². The fraction of sp³-hybridized carbons (Fsp3) is 0.515. The Morgan fingerprint density at radius 2 is 1.98 bits per heavy atom. The molecule has 3 aromatic heterocycles. The number of hydrogen-bond acceptors (Lipinski definition) is 8. The van der Waals surface area contributed by atoms with Crippen molar-refractivity contribution in [2.75, 3.05) is 44.7 Å². The number of halogens is 1. The van der Waals surface area contributed by atoms with E-state index in [1.54, 1.807) is 19.2 Å². The second-order valence-corrected chi connectivity index (χ2v) is 13.4. The van der Waals surface area contributed by atoms with Crippen molar-refractivity contribution in [3.8, 4) is 17.3 Å². The molecule has 8 rings (SSSR count). The summed E-state index contributed by atoms with van der Waals surface area (Å²) in [7, 11) is 3.54. The molecule has 0 unspecified atom stereocenters. The molecule has 6 heterocycles. The Bertz CT molecular complexity index is 1850. The van der Waals surface area contributed by atoms with E-state index in [2.05, 4.69) is 33.0 Å². The number of ether oxygens (including phenoxy) is 2. The Labute approximate surface area is 265 Å². The van der Waals surface area contributed by atoms with Crippen molar-refractivity contribution >= 4 is 39.9 Å². The normalized spacial score (nSPS) is 22.9. The molecule has 1 saturated carbocycles. The van der Waals surface area contributed by atoms with Crippen molar-refractivity contribution in [1.82, 2.24) is 29.3 Å². The van der Waals surface area contributed by atoms with Gasteiger partial charge in [0.2, 0.25) is 0 Å². The molecule has 2 amide bonds. The third-order valence-corrected chi connectivity index (χ3v) is 10.1. The number of carbonyl (C=O) groups excluding carboxylic acids is 2. The molecule has 3 aliphatic heterocycles. The van der Waals surface area contributed by atoms with Gasteiger partial charge in [-0.3, -0.25) is 4.79 Å². The average Bonchev–Trinajstić information content (AvgIpc) is 3.58. The van der Waals surface area contributed by atoms with E-state index in [1.165, 1.54) is 17.7 Å². The zero-order valence-corrected chi connectivity index (χ0v) is 26.2. The highest BCUT2D eigenvalue weighted by molar-refractivity contribution is 6.00. The van der Waals surface area contributed by atoms with Gasteiger partial charge < -0.3 is 39.5 Å². The summed E-state index contributed by atoms with van der Waals surface area (Å²) < 4.78 is 30.0. The molecule has 4 aromatic rings. The number of amides is 2. The Hall–Kier alpha value is -4.39. The van der Waals surface area contributed by atoms with Gasteiger partial charge in [0.05, 0.1) is 31.4 Å². The Kier molecular flexibility index (Phi) is 6.85. The van der Waals surface area contributed by atoms with Crippen LogP contribution in [0, 0.1) is 5.92 Å². The Balaban J connectivity index is 1.15. The minimum Gasteiger partial charge on any atom is -0.494 e. The zero-order valence-electron chi connectivity index (χ0n) is 26.2. The molecule has 4 fully saturated rings. The summed E-state index contributed by atoms with van der Waals surface area (Å²) in [5.74, 6) is 2.48. The molecule has 46 heavy (non-hydrogen) atoms. The summed E-state index contributed by atoms with van der Waals surface area (Å²) in [5.41, 5.74) is 9.26. The van der Waals surface area contributed by atoms with Crippen molar-refractivity contribution in [3.63, 3.8) is 0 Å². The fourth-order valence-electron chi connectivity index (χ4n) is 7.39. The van der Waals surface area contributed by atoms with Gasteiger partial charge in [-0.1, -0.05) is 0 Å². The minimum absolute atomic E-state index is 0.0274. The van der Waals surface area contributed by atoms with Crippen LogP contribution in [0.2, 0.25) is 0 Å². The summed E-state index contributed by atoms with van der Waals surface area (Å²) in [4.78, 5) is 39.2. The molecule has 1 spiro atoms. The maximum Gasteiger partial charge on any atom is 0.407 e. The van der Waals surface area contributed by atoms with Crippen molar-refractivity contribution in [2.24, 2.45) is 18.7 Å². The number of nitrogens with two attached hydrogens (primary N) is 1. The lowest BCUT2D eigenvalue weighted by Crippen LogP contribution is -2.50. The quantitative estimate of drug-likeness (QED) is 0.330. The number of aryl methyl sites for hydroxylation is 1. The summed E-state index contributed by atoms with van der Waals surface area (Å²) in [5, 5.41) is 3.83. The van der Waals surface area contributed by atoms with Gasteiger partial charge in [-0.15, -0.1) is 0 Å². The molecule has 1 aromatic carbocycles. The molecule has 0 bridgehead atoms. The largest absolute Gasteiger partial charge is 0.494 e. The second kappa shape index (κ2) is 10.9. The number of rotatable bonds is 6. The number of nitrogens with zero attached hydrogens (tertiary/aromatic N) is 6. The lowest BCUT2D eigenvalue weighted by molar-refractivity contribution is 0.0366. The predicted octanol–water partition coefficient (Wildman–Crippen LogP) is 3.60. The van der Waals surface area contributed by atoms with E-state index >= 15 is 0 Å². The number of pyridine rings is 1. The third-order valence-electron chi connectivity index (χ3n) is 10.1. The number of fused-ring (bicyclic) bond motifs is 2. The van der Waals surface area contributed by atoms with Gasteiger partial charge in [0.15, 0.2) is 5.82 Å². The first-order valence-corrected chi connectivity index (χ1v) is 16.2. The van der Waals surface area contributed by atoms with E-state index in [1.807, 2.05) is 11.6 Å². The highest BCUT2D eigenvalue weighted by atomic mass is 19.1. The van der Waals surface area contributed by atoms with Crippen molar-refractivity contribution in [2.45, 2.75) is 56.5 Å². The maximum absolute atomic E-state index is 14.3.